The normalized spacial score (nSPS) is 12.2. The van der Waals surface area contributed by atoms with Gasteiger partial charge in [0.05, 0.1) is 28.1 Å². The molecule has 5 aromatic rings. The van der Waals surface area contributed by atoms with Crippen LogP contribution in [0.15, 0.2) is 97.5 Å². The zero-order chi connectivity index (χ0) is 22.1. The van der Waals surface area contributed by atoms with Gasteiger partial charge >= 0.3 is 0 Å². The molecule has 2 N–H and O–H groups in total. The van der Waals surface area contributed by atoms with Crippen LogP contribution in [0.5, 0.6) is 0 Å². The van der Waals surface area contributed by atoms with Crippen LogP contribution in [0.2, 0.25) is 0 Å². The first-order valence-electron chi connectivity index (χ1n) is 10.6. The van der Waals surface area contributed by atoms with Crippen LogP contribution in [0.4, 0.5) is 0 Å². The Bertz CT molecular complexity index is 1490. The molecule has 0 spiro atoms. The van der Waals surface area contributed by atoms with Crippen LogP contribution in [0.1, 0.15) is 18.2 Å². The zero-order valence-corrected chi connectivity index (χ0v) is 18.2. The van der Waals surface area contributed by atoms with Crippen molar-refractivity contribution in [3.05, 3.63) is 109 Å². The van der Waals surface area contributed by atoms with E-state index in [1.54, 1.807) is 6.20 Å². The number of nitrogens with zero attached hydrogens (tertiary/aromatic N) is 3. The summed E-state index contributed by atoms with van der Waals surface area (Å²) in [5.41, 5.74) is 14.0. The Kier molecular flexibility index (Phi) is 5.04. The summed E-state index contributed by atoms with van der Waals surface area (Å²) in [4.78, 5) is 9.24. The molecule has 2 aromatic carbocycles. The van der Waals surface area contributed by atoms with E-state index >= 15 is 0 Å². The average molecular weight is 417 g/mol. The highest BCUT2D eigenvalue weighted by atomic mass is 15.0. The van der Waals surface area contributed by atoms with Crippen LogP contribution < -0.4 is 5.73 Å². The van der Waals surface area contributed by atoms with Gasteiger partial charge < -0.3 is 10.3 Å². The van der Waals surface area contributed by atoms with Gasteiger partial charge in [-0.25, -0.2) is 4.98 Å². The predicted molar refractivity (Wildman–Crippen MR) is 134 cm³/mol. The largest absolute Gasteiger partial charge is 0.405 e. The first kappa shape index (κ1) is 19.8. The van der Waals surface area contributed by atoms with E-state index in [9.17, 15) is 0 Å². The fourth-order valence-electron chi connectivity index (χ4n) is 4.16. The van der Waals surface area contributed by atoms with Crippen LogP contribution in [-0.2, 0) is 0 Å². The van der Waals surface area contributed by atoms with E-state index in [2.05, 4.69) is 71.1 Å². The van der Waals surface area contributed by atoms with Crippen LogP contribution >= 0.6 is 0 Å². The molecule has 0 saturated carbocycles. The first-order chi connectivity index (χ1) is 15.7. The number of para-hydroxylation sites is 1. The zero-order valence-electron chi connectivity index (χ0n) is 18.2. The van der Waals surface area contributed by atoms with Crippen LogP contribution in [0.3, 0.4) is 0 Å². The SMILES string of the molecule is C/C(=C\C=C/N)c1cc(-n2c3ccccc3c3cc(C)ccc32)cc(-c2cccnc2)n1. The Hall–Kier alpha value is -4.18. The molecule has 0 unspecified atom stereocenters. The number of hydrogen-bond acceptors (Lipinski definition) is 3. The Morgan fingerprint density at radius 2 is 1.78 bits per heavy atom. The van der Waals surface area contributed by atoms with Crippen molar-refractivity contribution in [3.63, 3.8) is 0 Å². The molecule has 0 aliphatic heterocycles. The number of aromatic nitrogens is 3. The maximum atomic E-state index is 5.56. The van der Waals surface area contributed by atoms with Gasteiger partial charge in [0.1, 0.15) is 0 Å². The number of allylic oxidation sites excluding steroid dienone is 3. The summed E-state index contributed by atoms with van der Waals surface area (Å²) in [6.45, 7) is 4.18. The molecular formula is C28H24N4. The summed E-state index contributed by atoms with van der Waals surface area (Å²) < 4.78 is 2.32. The molecule has 32 heavy (non-hydrogen) atoms. The summed E-state index contributed by atoms with van der Waals surface area (Å²) in [7, 11) is 0. The molecule has 4 heteroatoms. The van der Waals surface area contributed by atoms with Crippen molar-refractivity contribution < 1.29 is 0 Å². The van der Waals surface area contributed by atoms with E-state index in [1.165, 1.54) is 33.6 Å². The molecule has 0 aliphatic rings. The van der Waals surface area contributed by atoms with Gasteiger partial charge in [0.15, 0.2) is 0 Å². The number of hydrogen-bond donors (Lipinski definition) is 1. The van der Waals surface area contributed by atoms with Gasteiger partial charge in [-0.2, -0.15) is 0 Å². The Balaban J connectivity index is 1.84. The van der Waals surface area contributed by atoms with Crippen molar-refractivity contribution in [1.29, 1.82) is 0 Å². The lowest BCUT2D eigenvalue weighted by Crippen LogP contribution is -1.99. The topological polar surface area (TPSA) is 56.7 Å². The summed E-state index contributed by atoms with van der Waals surface area (Å²) in [6, 6.07) is 23.4. The number of aryl methyl sites for hydroxylation is 1. The number of rotatable bonds is 4. The number of benzene rings is 2. The summed E-state index contributed by atoms with van der Waals surface area (Å²) >= 11 is 0. The molecule has 0 aliphatic carbocycles. The molecule has 0 atom stereocenters. The van der Waals surface area contributed by atoms with Crippen molar-refractivity contribution in [2.75, 3.05) is 0 Å². The summed E-state index contributed by atoms with van der Waals surface area (Å²) in [5, 5.41) is 2.49. The molecule has 3 aromatic heterocycles. The minimum atomic E-state index is 0.883. The monoisotopic (exact) mass is 416 g/mol. The Morgan fingerprint density at radius 3 is 2.59 bits per heavy atom. The Morgan fingerprint density at radius 1 is 0.938 bits per heavy atom. The molecule has 5 rings (SSSR count). The molecule has 0 radical (unpaired) electrons. The molecule has 0 amide bonds. The highest BCUT2D eigenvalue weighted by Gasteiger charge is 2.15. The first-order valence-corrected chi connectivity index (χ1v) is 10.6. The Labute approximate surface area is 187 Å². The van der Waals surface area contributed by atoms with E-state index in [-0.39, 0.29) is 0 Å². The van der Waals surface area contributed by atoms with Crippen molar-refractivity contribution in [2.24, 2.45) is 5.73 Å². The standard InChI is InChI=1S/C28H24N4/c1-19-11-12-28-24(15-19)23-9-3-4-10-27(23)32(28)22-16-25(20(2)7-5-13-29)31-26(17-22)21-8-6-14-30-18-21/h3-18H,29H2,1-2H3/b13-5-,20-7+. The molecule has 0 bridgehead atoms. The maximum Gasteiger partial charge on any atom is 0.0745 e. The fourth-order valence-corrected chi connectivity index (χ4v) is 4.16. The molecular weight excluding hydrogens is 392 g/mol. The lowest BCUT2D eigenvalue weighted by Gasteiger charge is -2.13. The summed E-state index contributed by atoms with van der Waals surface area (Å²) in [5.74, 6) is 0. The van der Waals surface area contributed by atoms with Crippen molar-refractivity contribution in [3.8, 4) is 16.9 Å². The number of pyridine rings is 2. The average Bonchev–Trinajstić information content (AvgIpc) is 3.16. The van der Waals surface area contributed by atoms with Gasteiger partial charge in [0.25, 0.3) is 0 Å². The van der Waals surface area contributed by atoms with E-state index < -0.39 is 0 Å². The van der Waals surface area contributed by atoms with Gasteiger partial charge in [0.2, 0.25) is 0 Å². The van der Waals surface area contributed by atoms with E-state index in [0.717, 1.165) is 28.2 Å². The third kappa shape index (κ3) is 3.46. The highest BCUT2D eigenvalue weighted by molar-refractivity contribution is 6.09. The predicted octanol–water partition coefficient (Wildman–Crippen LogP) is 6.42. The molecule has 156 valence electrons. The number of nitrogens with two attached hydrogens (primary N) is 1. The van der Waals surface area contributed by atoms with E-state index in [1.807, 2.05) is 37.4 Å². The van der Waals surface area contributed by atoms with Crippen LogP contribution in [-0.4, -0.2) is 14.5 Å². The third-order valence-electron chi connectivity index (χ3n) is 5.72. The van der Waals surface area contributed by atoms with E-state index in [0.29, 0.717) is 0 Å². The van der Waals surface area contributed by atoms with Gasteiger partial charge in [-0.1, -0.05) is 35.9 Å². The minimum absolute atomic E-state index is 0.883. The van der Waals surface area contributed by atoms with Gasteiger partial charge in [0, 0.05) is 28.7 Å². The fraction of sp³-hybridized carbons (Fsp3) is 0.0714. The lowest BCUT2D eigenvalue weighted by atomic mass is 10.1. The van der Waals surface area contributed by atoms with Gasteiger partial charge in [-0.15, -0.1) is 0 Å². The van der Waals surface area contributed by atoms with Crippen molar-refractivity contribution in [2.45, 2.75) is 13.8 Å². The second-order valence-corrected chi connectivity index (χ2v) is 7.95. The second-order valence-electron chi connectivity index (χ2n) is 7.95. The summed E-state index contributed by atoms with van der Waals surface area (Å²) in [6.07, 6.45) is 8.97. The van der Waals surface area contributed by atoms with E-state index in [4.69, 9.17) is 10.7 Å². The van der Waals surface area contributed by atoms with Crippen LogP contribution in [0.25, 0.3) is 44.3 Å². The van der Waals surface area contributed by atoms with Crippen molar-refractivity contribution >= 4 is 27.4 Å². The maximum absolute atomic E-state index is 5.56. The van der Waals surface area contributed by atoms with Crippen LogP contribution in [0, 0.1) is 6.92 Å². The highest BCUT2D eigenvalue weighted by Crippen LogP contribution is 2.34. The van der Waals surface area contributed by atoms with Gasteiger partial charge in [-0.3, -0.25) is 4.98 Å². The van der Waals surface area contributed by atoms with Crippen molar-refractivity contribution in [1.82, 2.24) is 14.5 Å². The smallest absolute Gasteiger partial charge is 0.0745 e. The lowest BCUT2D eigenvalue weighted by molar-refractivity contribution is 1.14. The van der Waals surface area contributed by atoms with Gasteiger partial charge in [-0.05, 0) is 74.2 Å². The molecule has 0 fully saturated rings. The third-order valence-corrected chi connectivity index (χ3v) is 5.72. The molecule has 0 saturated heterocycles. The second kappa shape index (κ2) is 8.16. The molecule has 3 heterocycles. The molecule has 4 nitrogen and oxygen atoms in total. The quantitative estimate of drug-likeness (QED) is 0.344. The number of fused-ring (bicyclic) bond motifs is 3. The minimum Gasteiger partial charge on any atom is -0.405 e.